The largest absolute Gasteiger partial charge is 0.378 e. The first-order valence-electron chi connectivity index (χ1n) is 9.94. The second kappa shape index (κ2) is 6.92. The Kier molecular flexibility index (Phi) is 4.25. The van der Waals surface area contributed by atoms with E-state index in [9.17, 15) is 5.11 Å². The molecule has 0 bridgehead atoms. The van der Waals surface area contributed by atoms with E-state index in [0.717, 1.165) is 53.7 Å². The molecule has 2 heterocycles. The number of nitrogens with one attached hydrogen (secondary N) is 2. The zero-order valence-electron chi connectivity index (χ0n) is 15.6. The van der Waals surface area contributed by atoms with Gasteiger partial charge in [0.2, 0.25) is 0 Å². The van der Waals surface area contributed by atoms with E-state index in [0.29, 0.717) is 11.7 Å². The quantitative estimate of drug-likeness (QED) is 0.609. The molecule has 0 saturated heterocycles. The first kappa shape index (κ1) is 17.2. The summed E-state index contributed by atoms with van der Waals surface area (Å²) in [4.78, 5) is 8.51. The van der Waals surface area contributed by atoms with Crippen LogP contribution < -0.4 is 5.32 Å². The van der Waals surface area contributed by atoms with Gasteiger partial charge >= 0.3 is 0 Å². The van der Waals surface area contributed by atoms with Crippen LogP contribution in [0.5, 0.6) is 0 Å². The Bertz CT molecular complexity index is 1070. The molecule has 2 aliphatic rings. The van der Waals surface area contributed by atoms with Crippen LogP contribution in [0.15, 0.2) is 24.3 Å². The Morgan fingerprint density at radius 1 is 1.14 bits per heavy atom. The van der Waals surface area contributed by atoms with Crippen molar-refractivity contribution in [1.29, 1.82) is 0 Å². The first-order chi connectivity index (χ1) is 13.7. The molecule has 2 aromatic heterocycles. The molecule has 2 aliphatic carbocycles. The smallest absolute Gasteiger partial charge is 0.200 e. The molecule has 3 aromatic rings. The minimum absolute atomic E-state index is 0.615. The molecule has 1 radical (unpaired) electrons. The van der Waals surface area contributed by atoms with Gasteiger partial charge in [0, 0.05) is 28.6 Å². The van der Waals surface area contributed by atoms with Crippen molar-refractivity contribution in [2.75, 3.05) is 5.32 Å². The van der Waals surface area contributed by atoms with Crippen LogP contribution in [0.2, 0.25) is 0 Å². The Balaban J connectivity index is 1.44. The highest BCUT2D eigenvalue weighted by atomic mass is 16.3. The minimum atomic E-state index is -0.858. The molecule has 141 valence electrons. The van der Waals surface area contributed by atoms with Crippen LogP contribution in [0.25, 0.3) is 10.9 Å². The SMILES string of the molecule is OC1(C#Cc2ccc3n[c]nc(Nc4cc(C5CC5)[nH]n4)c3c2)CCCCC1. The molecule has 0 atom stereocenters. The van der Waals surface area contributed by atoms with Crippen molar-refractivity contribution in [1.82, 2.24) is 20.2 Å². The van der Waals surface area contributed by atoms with Gasteiger partial charge in [-0.15, -0.1) is 0 Å². The van der Waals surface area contributed by atoms with Crippen LogP contribution in [0.3, 0.4) is 0 Å². The summed E-state index contributed by atoms with van der Waals surface area (Å²) in [6.07, 6.45) is 9.89. The fraction of sp³-hybridized carbons (Fsp3) is 0.409. The standard InChI is InChI=1S/C22H22N5O/c28-22(9-2-1-3-10-22)11-8-15-4-7-18-17(12-15)21(24-14-23-18)25-20-13-19(26-27-20)16-5-6-16/h4,7,12-13,16,28H,1-3,5-6,9-10H2,(H2,23,24,25,26,27). The number of nitrogens with zero attached hydrogens (tertiary/aromatic N) is 3. The summed E-state index contributed by atoms with van der Waals surface area (Å²) in [6.45, 7) is 0. The van der Waals surface area contributed by atoms with Gasteiger partial charge in [0.25, 0.3) is 0 Å². The van der Waals surface area contributed by atoms with Crippen LogP contribution in [0.4, 0.5) is 11.6 Å². The lowest BCUT2D eigenvalue weighted by Crippen LogP contribution is -2.29. The lowest BCUT2D eigenvalue weighted by molar-refractivity contribution is 0.0610. The molecule has 2 saturated carbocycles. The van der Waals surface area contributed by atoms with E-state index in [4.69, 9.17) is 0 Å². The third kappa shape index (κ3) is 3.58. The summed E-state index contributed by atoms with van der Waals surface area (Å²) in [5.74, 6) is 8.25. The van der Waals surface area contributed by atoms with Gasteiger partial charge in [-0.1, -0.05) is 18.3 Å². The molecule has 1 aromatic carbocycles. The maximum atomic E-state index is 10.6. The Labute approximate surface area is 163 Å². The number of benzene rings is 1. The second-order valence-electron chi connectivity index (χ2n) is 7.85. The monoisotopic (exact) mass is 372 g/mol. The van der Waals surface area contributed by atoms with E-state index in [1.165, 1.54) is 19.3 Å². The van der Waals surface area contributed by atoms with Crippen LogP contribution in [0.1, 0.15) is 62.1 Å². The molecule has 0 amide bonds. The van der Waals surface area contributed by atoms with E-state index in [1.54, 1.807) is 0 Å². The zero-order chi connectivity index (χ0) is 19.0. The third-order valence-electron chi connectivity index (χ3n) is 5.57. The third-order valence-corrected chi connectivity index (χ3v) is 5.57. The van der Waals surface area contributed by atoms with Crippen molar-refractivity contribution in [3.8, 4) is 11.8 Å². The average Bonchev–Trinajstić information content (AvgIpc) is 3.46. The highest BCUT2D eigenvalue weighted by Crippen LogP contribution is 2.39. The van der Waals surface area contributed by atoms with Gasteiger partial charge in [0.1, 0.15) is 11.4 Å². The number of aromatic amines is 1. The lowest BCUT2D eigenvalue weighted by atomic mass is 9.85. The van der Waals surface area contributed by atoms with E-state index in [2.05, 4.69) is 43.7 Å². The minimum Gasteiger partial charge on any atom is -0.378 e. The van der Waals surface area contributed by atoms with E-state index in [-0.39, 0.29) is 0 Å². The average molecular weight is 372 g/mol. The molecule has 2 fully saturated rings. The second-order valence-corrected chi connectivity index (χ2v) is 7.85. The number of rotatable bonds is 3. The normalized spacial score (nSPS) is 18.5. The van der Waals surface area contributed by atoms with Crippen LogP contribution in [-0.4, -0.2) is 30.9 Å². The summed E-state index contributed by atoms with van der Waals surface area (Å²) in [6, 6.07) is 7.83. The number of hydrogen-bond donors (Lipinski definition) is 3. The molecule has 0 aliphatic heterocycles. The van der Waals surface area contributed by atoms with Gasteiger partial charge in [-0.2, -0.15) is 5.10 Å². The summed E-state index contributed by atoms with van der Waals surface area (Å²) in [7, 11) is 0. The maximum absolute atomic E-state index is 10.6. The molecule has 5 rings (SSSR count). The molecule has 0 unspecified atom stereocenters. The number of hydrogen-bond acceptors (Lipinski definition) is 5. The first-order valence-corrected chi connectivity index (χ1v) is 9.94. The fourth-order valence-electron chi connectivity index (χ4n) is 3.76. The molecule has 3 N–H and O–H groups in total. The van der Waals surface area contributed by atoms with Crippen molar-refractivity contribution < 1.29 is 5.11 Å². The van der Waals surface area contributed by atoms with Gasteiger partial charge in [0.15, 0.2) is 12.1 Å². The van der Waals surface area contributed by atoms with Crippen molar-refractivity contribution in [3.05, 3.63) is 41.9 Å². The summed E-state index contributed by atoms with van der Waals surface area (Å²) in [5, 5.41) is 22.2. The van der Waals surface area contributed by atoms with Crippen LogP contribution in [0, 0.1) is 18.2 Å². The van der Waals surface area contributed by atoms with Crippen molar-refractivity contribution in [2.24, 2.45) is 0 Å². The van der Waals surface area contributed by atoms with E-state index < -0.39 is 5.60 Å². The van der Waals surface area contributed by atoms with Gasteiger partial charge in [-0.25, -0.2) is 9.97 Å². The van der Waals surface area contributed by atoms with Gasteiger partial charge < -0.3 is 10.4 Å². The molecule has 28 heavy (non-hydrogen) atoms. The molecular formula is C22H22N5O. The highest BCUT2D eigenvalue weighted by molar-refractivity contribution is 5.91. The lowest BCUT2D eigenvalue weighted by Gasteiger charge is -2.26. The molecule has 6 heteroatoms. The number of aliphatic hydroxyl groups is 1. The van der Waals surface area contributed by atoms with Gasteiger partial charge in [-0.3, -0.25) is 5.10 Å². The fourth-order valence-corrected chi connectivity index (χ4v) is 3.76. The molecule has 6 nitrogen and oxygen atoms in total. The van der Waals surface area contributed by atoms with Gasteiger partial charge in [-0.05, 0) is 56.7 Å². The molecule has 0 spiro atoms. The number of aromatic nitrogens is 4. The number of H-pyrrole nitrogens is 1. The summed E-state index contributed by atoms with van der Waals surface area (Å²) in [5.41, 5.74) is 1.93. The van der Waals surface area contributed by atoms with Crippen molar-refractivity contribution in [3.63, 3.8) is 0 Å². The van der Waals surface area contributed by atoms with Crippen LogP contribution in [-0.2, 0) is 0 Å². The summed E-state index contributed by atoms with van der Waals surface area (Å²) < 4.78 is 0. The predicted octanol–water partition coefficient (Wildman–Crippen LogP) is 3.82. The van der Waals surface area contributed by atoms with Crippen molar-refractivity contribution >= 4 is 22.5 Å². The van der Waals surface area contributed by atoms with Crippen molar-refractivity contribution in [2.45, 2.75) is 56.5 Å². The number of fused-ring (bicyclic) bond motifs is 1. The Hall–Kier alpha value is -2.91. The number of anilines is 2. The van der Waals surface area contributed by atoms with E-state index >= 15 is 0 Å². The predicted molar refractivity (Wildman–Crippen MR) is 107 cm³/mol. The Morgan fingerprint density at radius 2 is 2.00 bits per heavy atom. The molecular weight excluding hydrogens is 350 g/mol. The highest BCUT2D eigenvalue weighted by Gasteiger charge is 2.27. The van der Waals surface area contributed by atoms with Gasteiger partial charge in [0.05, 0.1) is 5.52 Å². The van der Waals surface area contributed by atoms with Crippen LogP contribution >= 0.6 is 0 Å². The topological polar surface area (TPSA) is 86.7 Å². The summed E-state index contributed by atoms with van der Waals surface area (Å²) >= 11 is 0. The van der Waals surface area contributed by atoms with E-state index in [1.807, 2.05) is 24.3 Å². The zero-order valence-corrected chi connectivity index (χ0v) is 15.6. The Morgan fingerprint density at radius 3 is 2.82 bits per heavy atom. The maximum Gasteiger partial charge on any atom is 0.200 e.